The maximum atomic E-state index is 12.6. The molecule has 1 N–H and O–H groups in total. The van der Waals surface area contributed by atoms with Crippen LogP contribution in [-0.4, -0.2) is 37.5 Å². The summed E-state index contributed by atoms with van der Waals surface area (Å²) in [5.74, 6) is -1.05. The fourth-order valence-electron chi connectivity index (χ4n) is 2.12. The molecule has 0 fully saturated rings. The number of carbonyl (C=O) groups is 2. The number of para-hydroxylation sites is 1. The molecule has 3 aromatic rings. The van der Waals surface area contributed by atoms with E-state index < -0.39 is 17.5 Å². The highest BCUT2D eigenvalue weighted by Gasteiger charge is 2.25. The van der Waals surface area contributed by atoms with Crippen LogP contribution in [0.15, 0.2) is 41.9 Å². The van der Waals surface area contributed by atoms with E-state index in [1.165, 1.54) is 27.6 Å². The van der Waals surface area contributed by atoms with Crippen LogP contribution in [0.2, 0.25) is 0 Å². The lowest BCUT2D eigenvalue weighted by atomic mass is 10.2. The van der Waals surface area contributed by atoms with Gasteiger partial charge in [-0.25, -0.2) is 9.48 Å². The van der Waals surface area contributed by atoms with Crippen LogP contribution >= 0.6 is 11.3 Å². The molecule has 0 spiro atoms. The van der Waals surface area contributed by atoms with E-state index in [0.717, 1.165) is 0 Å². The number of hydrogen-bond acceptors (Lipinski definition) is 7. The minimum absolute atomic E-state index is 0.0740. The molecule has 0 saturated carbocycles. The number of anilines is 1. The summed E-state index contributed by atoms with van der Waals surface area (Å²) in [6.45, 7) is 5.33. The Labute approximate surface area is 153 Å². The number of carbonyl (C=O) groups excluding carboxylic acids is 2. The monoisotopic (exact) mass is 371 g/mol. The van der Waals surface area contributed by atoms with E-state index in [2.05, 4.69) is 20.6 Å². The zero-order valence-electron chi connectivity index (χ0n) is 14.5. The Bertz CT molecular complexity index is 914. The van der Waals surface area contributed by atoms with Crippen LogP contribution in [0.5, 0.6) is 0 Å². The van der Waals surface area contributed by atoms with Crippen molar-refractivity contribution in [2.24, 2.45) is 0 Å². The second-order valence-corrected chi connectivity index (χ2v) is 7.20. The van der Waals surface area contributed by atoms with Gasteiger partial charge in [-0.2, -0.15) is 5.10 Å². The summed E-state index contributed by atoms with van der Waals surface area (Å²) >= 11 is 1.19. The Morgan fingerprint density at radius 2 is 1.92 bits per heavy atom. The maximum absolute atomic E-state index is 12.6. The van der Waals surface area contributed by atoms with Crippen molar-refractivity contribution in [3.05, 3.63) is 53.3 Å². The van der Waals surface area contributed by atoms with Gasteiger partial charge in [0, 0.05) is 6.07 Å². The van der Waals surface area contributed by atoms with E-state index in [4.69, 9.17) is 4.74 Å². The van der Waals surface area contributed by atoms with Crippen LogP contribution in [0, 0.1) is 0 Å². The standard InChI is InChI=1S/C17H17N5O3S/c1-17(2,3)25-15(24)13-9-12(14(23)19-16-20-18-10-26-16)21-22(13)11-7-5-4-6-8-11/h4-10H,1-3H3,(H,19,20,23). The van der Waals surface area contributed by atoms with Gasteiger partial charge in [-0.1, -0.05) is 29.5 Å². The fourth-order valence-corrected chi connectivity index (χ4v) is 2.56. The van der Waals surface area contributed by atoms with E-state index in [9.17, 15) is 9.59 Å². The first-order valence-corrected chi connectivity index (χ1v) is 8.68. The molecule has 26 heavy (non-hydrogen) atoms. The lowest BCUT2D eigenvalue weighted by Crippen LogP contribution is -2.25. The first kappa shape index (κ1) is 17.7. The van der Waals surface area contributed by atoms with Crippen molar-refractivity contribution >= 4 is 28.3 Å². The van der Waals surface area contributed by atoms with Crippen LogP contribution < -0.4 is 5.32 Å². The van der Waals surface area contributed by atoms with Gasteiger partial charge < -0.3 is 4.74 Å². The summed E-state index contributed by atoms with van der Waals surface area (Å²) in [5.41, 5.74) is 1.71. The number of esters is 1. The maximum Gasteiger partial charge on any atom is 0.357 e. The molecule has 2 heterocycles. The predicted octanol–water partition coefficient (Wildman–Crippen LogP) is 2.93. The van der Waals surface area contributed by atoms with Gasteiger partial charge in [-0.3, -0.25) is 10.1 Å². The average Bonchev–Trinajstić information content (AvgIpc) is 3.23. The van der Waals surface area contributed by atoms with Gasteiger partial charge in [0.2, 0.25) is 5.13 Å². The number of rotatable bonds is 4. The van der Waals surface area contributed by atoms with Gasteiger partial charge in [0.15, 0.2) is 11.4 Å². The van der Waals surface area contributed by atoms with Crippen molar-refractivity contribution in [1.82, 2.24) is 20.0 Å². The van der Waals surface area contributed by atoms with E-state index in [-0.39, 0.29) is 11.4 Å². The van der Waals surface area contributed by atoms with Gasteiger partial charge in [0.05, 0.1) is 5.69 Å². The Balaban J connectivity index is 1.97. The number of ether oxygens (including phenoxy) is 1. The summed E-state index contributed by atoms with van der Waals surface area (Å²) in [7, 11) is 0. The normalized spacial score (nSPS) is 11.2. The highest BCUT2D eigenvalue weighted by atomic mass is 32.1. The second kappa shape index (κ2) is 7.04. The third-order valence-corrected chi connectivity index (χ3v) is 3.74. The van der Waals surface area contributed by atoms with Crippen LogP contribution in [0.1, 0.15) is 41.7 Å². The van der Waals surface area contributed by atoms with Crippen molar-refractivity contribution in [1.29, 1.82) is 0 Å². The molecule has 8 nitrogen and oxygen atoms in total. The summed E-state index contributed by atoms with van der Waals surface area (Å²) in [6, 6.07) is 10.5. The minimum atomic E-state index is -0.669. The summed E-state index contributed by atoms with van der Waals surface area (Å²) in [5, 5.41) is 14.6. The third-order valence-electron chi connectivity index (χ3n) is 3.13. The van der Waals surface area contributed by atoms with Crippen LogP contribution in [0.3, 0.4) is 0 Å². The minimum Gasteiger partial charge on any atom is -0.455 e. The van der Waals surface area contributed by atoms with Crippen LogP contribution in [-0.2, 0) is 4.74 Å². The molecule has 0 atom stereocenters. The number of nitrogens with one attached hydrogen (secondary N) is 1. The molecule has 0 radical (unpaired) electrons. The van der Waals surface area contributed by atoms with E-state index >= 15 is 0 Å². The topological polar surface area (TPSA) is 99.0 Å². The molecule has 1 amide bonds. The number of hydrogen-bond donors (Lipinski definition) is 1. The quantitative estimate of drug-likeness (QED) is 0.708. The molecule has 0 saturated heterocycles. The summed E-state index contributed by atoms with van der Waals surface area (Å²) in [4.78, 5) is 25.0. The largest absolute Gasteiger partial charge is 0.455 e. The van der Waals surface area contributed by atoms with Crippen LogP contribution in [0.25, 0.3) is 5.69 Å². The molecule has 0 aliphatic rings. The van der Waals surface area contributed by atoms with Crippen molar-refractivity contribution in [3.8, 4) is 5.69 Å². The predicted molar refractivity (Wildman–Crippen MR) is 96.6 cm³/mol. The van der Waals surface area contributed by atoms with Gasteiger partial charge in [-0.15, -0.1) is 10.2 Å². The molecule has 0 aliphatic heterocycles. The third kappa shape index (κ3) is 4.12. The number of amides is 1. The van der Waals surface area contributed by atoms with E-state index in [0.29, 0.717) is 10.8 Å². The van der Waals surface area contributed by atoms with Gasteiger partial charge in [0.1, 0.15) is 11.1 Å². The lowest BCUT2D eigenvalue weighted by Gasteiger charge is -2.19. The van der Waals surface area contributed by atoms with Crippen molar-refractivity contribution < 1.29 is 14.3 Å². The number of benzene rings is 1. The van der Waals surface area contributed by atoms with E-state index in [1.54, 1.807) is 32.9 Å². The molecule has 0 bridgehead atoms. The molecule has 134 valence electrons. The summed E-state index contributed by atoms with van der Waals surface area (Å²) in [6.07, 6.45) is 0. The number of nitrogens with zero attached hydrogens (tertiary/aromatic N) is 4. The molecule has 3 rings (SSSR count). The highest BCUT2D eigenvalue weighted by Crippen LogP contribution is 2.18. The van der Waals surface area contributed by atoms with E-state index in [1.807, 2.05) is 18.2 Å². The SMILES string of the molecule is CC(C)(C)OC(=O)c1cc(C(=O)Nc2nncs2)nn1-c1ccccc1. The van der Waals surface area contributed by atoms with Gasteiger partial charge in [-0.05, 0) is 32.9 Å². The fraction of sp³-hybridized carbons (Fsp3) is 0.235. The second-order valence-electron chi connectivity index (χ2n) is 6.36. The van der Waals surface area contributed by atoms with Gasteiger partial charge >= 0.3 is 5.97 Å². The molecule has 9 heteroatoms. The van der Waals surface area contributed by atoms with Crippen molar-refractivity contribution in [3.63, 3.8) is 0 Å². The molecule has 2 aromatic heterocycles. The highest BCUT2D eigenvalue weighted by molar-refractivity contribution is 7.13. The zero-order chi connectivity index (χ0) is 18.7. The molecule has 0 aliphatic carbocycles. The summed E-state index contributed by atoms with van der Waals surface area (Å²) < 4.78 is 6.83. The first-order valence-electron chi connectivity index (χ1n) is 7.80. The van der Waals surface area contributed by atoms with Gasteiger partial charge in [0.25, 0.3) is 5.91 Å². The smallest absolute Gasteiger partial charge is 0.357 e. The lowest BCUT2D eigenvalue weighted by molar-refractivity contribution is 0.00593. The zero-order valence-corrected chi connectivity index (χ0v) is 15.3. The molecule has 0 unspecified atom stereocenters. The average molecular weight is 371 g/mol. The number of aromatic nitrogens is 4. The Kier molecular flexibility index (Phi) is 4.81. The van der Waals surface area contributed by atoms with Crippen molar-refractivity contribution in [2.45, 2.75) is 26.4 Å². The molecular weight excluding hydrogens is 354 g/mol. The first-order chi connectivity index (χ1) is 12.3. The molecule has 1 aromatic carbocycles. The Hall–Kier alpha value is -3.07. The van der Waals surface area contributed by atoms with Crippen LogP contribution in [0.4, 0.5) is 5.13 Å². The Morgan fingerprint density at radius 3 is 2.54 bits per heavy atom. The van der Waals surface area contributed by atoms with Crippen molar-refractivity contribution in [2.75, 3.05) is 5.32 Å². The Morgan fingerprint density at radius 1 is 1.19 bits per heavy atom. The molecular formula is C17H17N5O3S.